The molecule has 0 aliphatic rings. The number of amides is 1. The van der Waals surface area contributed by atoms with Crippen molar-refractivity contribution < 1.29 is 13.9 Å². The van der Waals surface area contributed by atoms with E-state index in [1.807, 2.05) is 55.3 Å². The van der Waals surface area contributed by atoms with Crippen molar-refractivity contribution in [3.05, 3.63) is 53.5 Å². The van der Waals surface area contributed by atoms with E-state index in [4.69, 9.17) is 9.15 Å². The number of rotatable bonds is 7. The third kappa shape index (κ3) is 4.63. The molecule has 2 aromatic rings. The van der Waals surface area contributed by atoms with Crippen molar-refractivity contribution in [1.82, 2.24) is 10.2 Å². The molecule has 1 amide bonds. The number of benzene rings is 1. The van der Waals surface area contributed by atoms with E-state index in [-0.39, 0.29) is 5.91 Å². The molecule has 5 heteroatoms. The first-order valence-corrected chi connectivity index (χ1v) is 7.21. The fourth-order valence-corrected chi connectivity index (χ4v) is 2.24. The number of furan rings is 1. The Hall–Kier alpha value is -2.27. The molecule has 0 spiro atoms. The molecule has 118 valence electrons. The van der Waals surface area contributed by atoms with E-state index in [0.717, 1.165) is 22.8 Å². The molecular formula is C17H22N2O3. The van der Waals surface area contributed by atoms with Gasteiger partial charge in [0.2, 0.25) is 5.91 Å². The van der Waals surface area contributed by atoms with E-state index in [1.54, 1.807) is 7.11 Å². The van der Waals surface area contributed by atoms with Crippen LogP contribution in [0.2, 0.25) is 0 Å². The van der Waals surface area contributed by atoms with Gasteiger partial charge in [0, 0.05) is 12.1 Å². The monoisotopic (exact) mass is 302 g/mol. The molecule has 0 aliphatic heterocycles. The molecule has 1 N–H and O–H groups in total. The Morgan fingerprint density at radius 3 is 2.73 bits per heavy atom. The lowest BCUT2D eigenvalue weighted by Crippen LogP contribution is -2.34. The van der Waals surface area contributed by atoms with Crippen LogP contribution in [0, 0.1) is 6.92 Å². The van der Waals surface area contributed by atoms with Crippen LogP contribution in [0.5, 0.6) is 5.75 Å². The second-order valence-electron chi connectivity index (χ2n) is 5.27. The number of carbonyl (C=O) groups excluding carboxylic acids is 1. The van der Waals surface area contributed by atoms with Crippen molar-refractivity contribution in [1.29, 1.82) is 0 Å². The fourth-order valence-electron chi connectivity index (χ4n) is 2.24. The summed E-state index contributed by atoms with van der Waals surface area (Å²) >= 11 is 0. The highest BCUT2D eigenvalue weighted by atomic mass is 16.5. The Morgan fingerprint density at radius 2 is 2.05 bits per heavy atom. The van der Waals surface area contributed by atoms with Crippen LogP contribution in [0.25, 0.3) is 0 Å². The minimum absolute atomic E-state index is 0.0308. The molecule has 0 saturated carbocycles. The van der Waals surface area contributed by atoms with Gasteiger partial charge in [-0.05, 0) is 32.2 Å². The molecule has 0 unspecified atom stereocenters. The molecule has 0 saturated heterocycles. The predicted molar refractivity (Wildman–Crippen MR) is 84.6 cm³/mol. The molecule has 1 aromatic carbocycles. The van der Waals surface area contributed by atoms with Crippen molar-refractivity contribution in [2.75, 3.05) is 20.7 Å². The summed E-state index contributed by atoms with van der Waals surface area (Å²) in [5, 5.41) is 2.90. The summed E-state index contributed by atoms with van der Waals surface area (Å²) in [7, 11) is 3.51. The van der Waals surface area contributed by atoms with Crippen LogP contribution in [0.1, 0.15) is 17.1 Å². The van der Waals surface area contributed by atoms with Crippen LogP contribution >= 0.6 is 0 Å². The Morgan fingerprint density at radius 1 is 1.27 bits per heavy atom. The third-order valence-corrected chi connectivity index (χ3v) is 3.30. The van der Waals surface area contributed by atoms with Crippen LogP contribution in [0.4, 0.5) is 0 Å². The van der Waals surface area contributed by atoms with Gasteiger partial charge in [0.05, 0.1) is 20.2 Å². The van der Waals surface area contributed by atoms with Crippen LogP contribution in [0.15, 0.2) is 40.8 Å². The molecule has 0 aliphatic carbocycles. The number of nitrogens with zero attached hydrogens (tertiary/aromatic N) is 1. The Kier molecular flexibility index (Phi) is 5.61. The van der Waals surface area contributed by atoms with Gasteiger partial charge in [-0.25, -0.2) is 0 Å². The van der Waals surface area contributed by atoms with Crippen LogP contribution in [-0.2, 0) is 17.9 Å². The molecular weight excluding hydrogens is 280 g/mol. The van der Waals surface area contributed by atoms with Gasteiger partial charge in [0.25, 0.3) is 0 Å². The van der Waals surface area contributed by atoms with Crippen molar-refractivity contribution in [2.45, 2.75) is 20.0 Å². The van der Waals surface area contributed by atoms with Gasteiger partial charge in [0.15, 0.2) is 0 Å². The number of hydrogen-bond donors (Lipinski definition) is 1. The summed E-state index contributed by atoms with van der Waals surface area (Å²) < 4.78 is 10.8. The second-order valence-corrected chi connectivity index (χ2v) is 5.27. The topological polar surface area (TPSA) is 54.7 Å². The Labute approximate surface area is 130 Å². The van der Waals surface area contributed by atoms with E-state index in [2.05, 4.69) is 5.32 Å². The zero-order chi connectivity index (χ0) is 15.9. The largest absolute Gasteiger partial charge is 0.496 e. The van der Waals surface area contributed by atoms with Gasteiger partial charge in [-0.3, -0.25) is 9.69 Å². The van der Waals surface area contributed by atoms with Crippen LogP contribution < -0.4 is 10.1 Å². The summed E-state index contributed by atoms with van der Waals surface area (Å²) in [4.78, 5) is 13.9. The molecule has 0 radical (unpaired) electrons. The highest BCUT2D eigenvalue weighted by Gasteiger charge is 2.10. The number of carbonyl (C=O) groups is 1. The lowest BCUT2D eigenvalue weighted by atomic mass is 10.2. The van der Waals surface area contributed by atoms with E-state index in [0.29, 0.717) is 19.6 Å². The Balaban J connectivity index is 1.80. The number of ether oxygens (including phenoxy) is 1. The maximum absolute atomic E-state index is 12.0. The van der Waals surface area contributed by atoms with Crippen LogP contribution in [0.3, 0.4) is 0 Å². The number of aryl methyl sites for hydroxylation is 1. The van der Waals surface area contributed by atoms with Crippen molar-refractivity contribution in [3.8, 4) is 5.75 Å². The highest BCUT2D eigenvalue weighted by molar-refractivity contribution is 5.78. The van der Waals surface area contributed by atoms with Crippen molar-refractivity contribution in [3.63, 3.8) is 0 Å². The highest BCUT2D eigenvalue weighted by Crippen LogP contribution is 2.16. The predicted octanol–water partition coefficient (Wildman–Crippen LogP) is 2.34. The first-order valence-electron chi connectivity index (χ1n) is 7.21. The van der Waals surface area contributed by atoms with Gasteiger partial charge < -0.3 is 14.5 Å². The number of likely N-dealkylation sites (N-methyl/N-ethyl adjacent to an activating group) is 1. The average Bonchev–Trinajstić information content (AvgIpc) is 2.90. The number of hydrogen-bond acceptors (Lipinski definition) is 4. The quantitative estimate of drug-likeness (QED) is 0.853. The Bertz CT molecular complexity index is 622. The summed E-state index contributed by atoms with van der Waals surface area (Å²) in [6, 6.07) is 11.5. The second kappa shape index (κ2) is 7.66. The number of methoxy groups -OCH3 is 1. The van der Waals surface area contributed by atoms with Gasteiger partial charge in [-0.15, -0.1) is 0 Å². The summed E-state index contributed by atoms with van der Waals surface area (Å²) in [5.74, 6) is 2.49. The lowest BCUT2D eigenvalue weighted by molar-refractivity contribution is -0.122. The van der Waals surface area contributed by atoms with E-state index >= 15 is 0 Å². The van der Waals surface area contributed by atoms with Crippen LogP contribution in [-0.4, -0.2) is 31.5 Å². The van der Waals surface area contributed by atoms with E-state index in [9.17, 15) is 4.79 Å². The van der Waals surface area contributed by atoms with Gasteiger partial charge in [-0.1, -0.05) is 18.2 Å². The minimum atomic E-state index is -0.0308. The smallest absolute Gasteiger partial charge is 0.234 e. The maximum Gasteiger partial charge on any atom is 0.234 e. The number of nitrogens with one attached hydrogen (secondary N) is 1. The zero-order valence-electron chi connectivity index (χ0n) is 13.3. The average molecular weight is 302 g/mol. The van der Waals surface area contributed by atoms with E-state index < -0.39 is 0 Å². The van der Waals surface area contributed by atoms with Crippen molar-refractivity contribution in [2.24, 2.45) is 0 Å². The lowest BCUT2D eigenvalue weighted by Gasteiger charge is -2.15. The molecule has 1 aromatic heterocycles. The van der Waals surface area contributed by atoms with Gasteiger partial charge in [-0.2, -0.15) is 0 Å². The van der Waals surface area contributed by atoms with Gasteiger partial charge >= 0.3 is 0 Å². The zero-order valence-corrected chi connectivity index (χ0v) is 13.3. The third-order valence-electron chi connectivity index (χ3n) is 3.30. The fraction of sp³-hybridized carbons (Fsp3) is 0.353. The molecule has 2 rings (SSSR count). The number of para-hydroxylation sites is 1. The maximum atomic E-state index is 12.0. The van der Waals surface area contributed by atoms with Gasteiger partial charge in [0.1, 0.15) is 17.3 Å². The molecule has 0 atom stereocenters. The van der Waals surface area contributed by atoms with E-state index in [1.165, 1.54) is 0 Å². The first-order chi connectivity index (χ1) is 10.6. The molecule has 5 nitrogen and oxygen atoms in total. The summed E-state index contributed by atoms with van der Waals surface area (Å²) in [5.41, 5.74) is 0.961. The normalized spacial score (nSPS) is 10.7. The SMILES string of the molecule is COc1ccccc1CNC(=O)CN(C)Cc1ccc(C)o1. The van der Waals surface area contributed by atoms with Crippen molar-refractivity contribution >= 4 is 5.91 Å². The molecule has 0 bridgehead atoms. The molecule has 0 fully saturated rings. The molecule has 1 heterocycles. The summed E-state index contributed by atoms with van der Waals surface area (Å²) in [6.45, 7) is 3.28. The standard InChI is InChI=1S/C17H22N2O3/c1-13-8-9-15(22-13)11-19(2)12-17(20)18-10-14-6-4-5-7-16(14)21-3/h4-9H,10-12H2,1-3H3,(H,18,20). The minimum Gasteiger partial charge on any atom is -0.496 e. The first kappa shape index (κ1) is 16.1. The summed E-state index contributed by atoms with van der Waals surface area (Å²) in [6.07, 6.45) is 0. The molecule has 22 heavy (non-hydrogen) atoms.